The largest absolute Gasteiger partial charge is 0.522 e. The van der Waals surface area contributed by atoms with E-state index < -0.39 is 36.0 Å². The standard InChI is InChI=1S/C17H26F3NO5/c18-17(19,20)26-14-10-6-5-8-12(14)15(23)21-11-7-3-1-2-4-9-13(22)16(24)25/h12,14H,1-11H2,(H,21,23)(H,24,25). The lowest BCUT2D eigenvalue weighted by atomic mass is 9.85. The van der Waals surface area contributed by atoms with E-state index in [0.717, 1.165) is 19.3 Å². The first-order valence-corrected chi connectivity index (χ1v) is 8.99. The molecule has 6 nitrogen and oxygen atoms in total. The highest BCUT2D eigenvalue weighted by atomic mass is 19.4. The molecule has 2 atom stereocenters. The lowest BCUT2D eigenvalue weighted by molar-refractivity contribution is -0.349. The van der Waals surface area contributed by atoms with Gasteiger partial charge in [0, 0.05) is 13.0 Å². The number of ketones is 1. The van der Waals surface area contributed by atoms with Crippen molar-refractivity contribution in [2.24, 2.45) is 5.92 Å². The summed E-state index contributed by atoms with van der Waals surface area (Å²) in [6, 6.07) is 0. The molecule has 2 N–H and O–H groups in total. The highest BCUT2D eigenvalue weighted by Crippen LogP contribution is 2.32. The summed E-state index contributed by atoms with van der Waals surface area (Å²) in [5.41, 5.74) is 0. The number of alkyl halides is 3. The molecule has 9 heteroatoms. The zero-order valence-corrected chi connectivity index (χ0v) is 14.6. The fraction of sp³-hybridized carbons (Fsp3) is 0.824. The Morgan fingerprint density at radius 3 is 2.27 bits per heavy atom. The van der Waals surface area contributed by atoms with E-state index in [1.165, 1.54) is 0 Å². The average Bonchev–Trinajstić information content (AvgIpc) is 2.55. The molecule has 1 fully saturated rings. The Bertz CT molecular complexity index is 482. The van der Waals surface area contributed by atoms with E-state index in [2.05, 4.69) is 10.1 Å². The van der Waals surface area contributed by atoms with Crippen LogP contribution >= 0.6 is 0 Å². The van der Waals surface area contributed by atoms with Crippen LogP contribution in [0.25, 0.3) is 0 Å². The molecule has 0 heterocycles. The first-order chi connectivity index (χ1) is 12.2. The van der Waals surface area contributed by atoms with E-state index in [0.29, 0.717) is 38.6 Å². The number of carbonyl (C=O) groups is 3. The predicted molar refractivity (Wildman–Crippen MR) is 86.2 cm³/mol. The summed E-state index contributed by atoms with van der Waals surface area (Å²) in [5, 5.41) is 11.1. The van der Waals surface area contributed by atoms with Crippen LogP contribution in [0.15, 0.2) is 0 Å². The first-order valence-electron chi connectivity index (χ1n) is 8.99. The monoisotopic (exact) mass is 381 g/mol. The molecule has 1 amide bonds. The van der Waals surface area contributed by atoms with Crippen LogP contribution in [0.2, 0.25) is 0 Å². The van der Waals surface area contributed by atoms with Gasteiger partial charge in [0.2, 0.25) is 11.7 Å². The number of aliphatic carboxylic acids is 1. The van der Waals surface area contributed by atoms with E-state index in [9.17, 15) is 27.6 Å². The normalized spacial score (nSPS) is 20.6. The van der Waals surface area contributed by atoms with Crippen LogP contribution in [0, 0.1) is 5.92 Å². The molecule has 0 aliphatic heterocycles. The van der Waals surface area contributed by atoms with Gasteiger partial charge in [-0.2, -0.15) is 0 Å². The minimum absolute atomic E-state index is 0.0222. The van der Waals surface area contributed by atoms with Gasteiger partial charge < -0.3 is 10.4 Å². The molecule has 1 saturated carbocycles. The molecule has 2 unspecified atom stereocenters. The number of unbranched alkanes of at least 4 members (excludes halogenated alkanes) is 4. The number of Topliss-reactive ketones (excluding diaryl/α,β-unsaturated/α-hetero) is 1. The third kappa shape index (κ3) is 9.17. The number of carbonyl (C=O) groups excluding carboxylic acids is 2. The van der Waals surface area contributed by atoms with Gasteiger partial charge in [0.05, 0.1) is 12.0 Å². The molecule has 0 aromatic heterocycles. The van der Waals surface area contributed by atoms with Crippen molar-refractivity contribution in [3.8, 4) is 0 Å². The summed E-state index contributed by atoms with van der Waals surface area (Å²) < 4.78 is 41.3. The van der Waals surface area contributed by atoms with Crippen molar-refractivity contribution in [2.45, 2.75) is 76.7 Å². The summed E-state index contributed by atoms with van der Waals surface area (Å²) in [7, 11) is 0. The van der Waals surface area contributed by atoms with Gasteiger partial charge in [0.1, 0.15) is 0 Å². The number of hydrogen-bond acceptors (Lipinski definition) is 4. The third-order valence-corrected chi connectivity index (χ3v) is 4.44. The minimum atomic E-state index is -4.73. The molecular formula is C17H26F3NO5. The number of nitrogens with one attached hydrogen (secondary N) is 1. The van der Waals surface area contributed by atoms with Crippen molar-refractivity contribution in [2.75, 3.05) is 6.54 Å². The average molecular weight is 381 g/mol. The first kappa shape index (κ1) is 22.4. The van der Waals surface area contributed by atoms with Gasteiger partial charge in [-0.1, -0.05) is 32.1 Å². The SMILES string of the molecule is O=C(O)C(=O)CCCCCCCNC(=O)C1CCCCC1OC(F)(F)F. The van der Waals surface area contributed by atoms with Crippen LogP contribution in [0.5, 0.6) is 0 Å². The molecule has 1 aliphatic rings. The molecule has 0 saturated heterocycles. The van der Waals surface area contributed by atoms with Gasteiger partial charge in [0.25, 0.3) is 0 Å². The molecule has 150 valence electrons. The van der Waals surface area contributed by atoms with Gasteiger partial charge in [0.15, 0.2) is 0 Å². The molecular weight excluding hydrogens is 355 g/mol. The van der Waals surface area contributed by atoms with Crippen LogP contribution in [-0.4, -0.2) is 41.8 Å². The topological polar surface area (TPSA) is 92.7 Å². The van der Waals surface area contributed by atoms with Crippen LogP contribution < -0.4 is 5.32 Å². The maximum Gasteiger partial charge on any atom is 0.522 e. The maximum absolute atomic E-state index is 12.4. The van der Waals surface area contributed by atoms with Crippen molar-refractivity contribution >= 4 is 17.7 Å². The van der Waals surface area contributed by atoms with Gasteiger partial charge in [-0.3, -0.25) is 14.3 Å². The summed E-state index contributed by atoms with van der Waals surface area (Å²) in [6.45, 7) is 0.377. The summed E-state index contributed by atoms with van der Waals surface area (Å²) in [4.78, 5) is 33.3. The lowest BCUT2D eigenvalue weighted by Crippen LogP contribution is -2.43. The quantitative estimate of drug-likeness (QED) is 0.424. The second-order valence-corrected chi connectivity index (χ2v) is 6.53. The molecule has 0 radical (unpaired) electrons. The molecule has 1 aliphatic carbocycles. The summed E-state index contributed by atoms with van der Waals surface area (Å²) in [6.07, 6.45) is -0.382. The van der Waals surface area contributed by atoms with Gasteiger partial charge in [-0.05, 0) is 25.7 Å². The Labute approximate surface area is 150 Å². The van der Waals surface area contributed by atoms with E-state index in [1.54, 1.807) is 0 Å². The summed E-state index contributed by atoms with van der Waals surface area (Å²) >= 11 is 0. The number of hydrogen-bond donors (Lipinski definition) is 2. The lowest BCUT2D eigenvalue weighted by Gasteiger charge is -2.30. The minimum Gasteiger partial charge on any atom is -0.476 e. The number of amides is 1. The Morgan fingerprint density at radius 1 is 1.00 bits per heavy atom. The zero-order valence-electron chi connectivity index (χ0n) is 14.6. The second kappa shape index (κ2) is 11.2. The van der Waals surface area contributed by atoms with E-state index in [4.69, 9.17) is 5.11 Å². The maximum atomic E-state index is 12.4. The van der Waals surface area contributed by atoms with Crippen LogP contribution in [-0.2, 0) is 19.1 Å². The van der Waals surface area contributed by atoms with Gasteiger partial charge >= 0.3 is 12.3 Å². The number of carboxylic acids is 1. The number of halogens is 3. The van der Waals surface area contributed by atoms with Crippen molar-refractivity contribution < 1.29 is 37.4 Å². The number of rotatable bonds is 11. The zero-order chi connectivity index (χ0) is 19.6. The Kier molecular flexibility index (Phi) is 9.61. The summed E-state index contributed by atoms with van der Waals surface area (Å²) in [5.74, 6) is -3.37. The van der Waals surface area contributed by atoms with Crippen molar-refractivity contribution in [3.63, 3.8) is 0 Å². The molecule has 0 bridgehead atoms. The number of carboxylic acid groups (broad SMARTS) is 1. The molecule has 26 heavy (non-hydrogen) atoms. The van der Waals surface area contributed by atoms with Crippen LogP contribution in [0.1, 0.15) is 64.2 Å². The third-order valence-electron chi connectivity index (χ3n) is 4.44. The van der Waals surface area contributed by atoms with Crippen molar-refractivity contribution in [3.05, 3.63) is 0 Å². The van der Waals surface area contributed by atoms with Gasteiger partial charge in [-0.15, -0.1) is 13.2 Å². The van der Waals surface area contributed by atoms with Crippen molar-refractivity contribution in [1.29, 1.82) is 0 Å². The second-order valence-electron chi connectivity index (χ2n) is 6.53. The molecule has 0 aromatic rings. The van der Waals surface area contributed by atoms with E-state index >= 15 is 0 Å². The molecule has 1 rings (SSSR count). The van der Waals surface area contributed by atoms with E-state index in [1.807, 2.05) is 0 Å². The fourth-order valence-electron chi connectivity index (χ4n) is 3.10. The Morgan fingerprint density at radius 2 is 1.62 bits per heavy atom. The fourth-order valence-corrected chi connectivity index (χ4v) is 3.10. The van der Waals surface area contributed by atoms with Crippen LogP contribution in [0.3, 0.4) is 0 Å². The van der Waals surface area contributed by atoms with Crippen LogP contribution in [0.4, 0.5) is 13.2 Å². The Balaban J connectivity index is 2.16. The smallest absolute Gasteiger partial charge is 0.476 e. The van der Waals surface area contributed by atoms with Gasteiger partial charge in [-0.25, -0.2) is 4.79 Å². The predicted octanol–water partition coefficient (Wildman–Crippen LogP) is 3.19. The highest BCUT2D eigenvalue weighted by Gasteiger charge is 2.40. The highest BCUT2D eigenvalue weighted by molar-refractivity contribution is 6.32. The Hall–Kier alpha value is -1.64. The number of ether oxygens (including phenoxy) is 1. The van der Waals surface area contributed by atoms with E-state index in [-0.39, 0.29) is 12.8 Å². The molecule has 0 spiro atoms. The molecule has 0 aromatic carbocycles. The van der Waals surface area contributed by atoms with Crippen molar-refractivity contribution in [1.82, 2.24) is 5.32 Å².